The predicted molar refractivity (Wildman–Crippen MR) is 65.9 cm³/mol. The lowest BCUT2D eigenvalue weighted by Crippen LogP contribution is -2.66. The van der Waals surface area contributed by atoms with E-state index in [1.54, 1.807) is 26.0 Å². The molecule has 3 rings (SSSR count). The van der Waals surface area contributed by atoms with Crippen LogP contribution in [0, 0.1) is 0 Å². The lowest BCUT2D eigenvalue weighted by molar-refractivity contribution is -0.580. The third-order valence-corrected chi connectivity index (χ3v) is 4.10. The molecular formula is C14H18O5. The molecular weight excluding hydrogens is 248 g/mol. The van der Waals surface area contributed by atoms with Gasteiger partial charge >= 0.3 is 0 Å². The van der Waals surface area contributed by atoms with Gasteiger partial charge in [0.25, 0.3) is 0 Å². The van der Waals surface area contributed by atoms with Crippen LogP contribution >= 0.6 is 0 Å². The number of carbonyl (C=O) groups is 1. The standard InChI is InChI=1S/C14H18O5/c1-4-5-9-6-13-8-11(12(2,3)16)17-14(13,19-18-13)7-10(9)15/h4,6,11,16H,1,5,7-8H2,2-3H3/t11-,13-,14-/m1/s1. The third kappa shape index (κ3) is 1.66. The van der Waals surface area contributed by atoms with Gasteiger partial charge in [-0.1, -0.05) is 6.08 Å². The molecule has 0 bridgehead atoms. The molecule has 0 unspecified atom stereocenters. The van der Waals surface area contributed by atoms with Gasteiger partial charge in [0.2, 0.25) is 5.79 Å². The number of ketones is 1. The molecule has 19 heavy (non-hydrogen) atoms. The highest BCUT2D eigenvalue weighted by molar-refractivity contribution is 5.98. The van der Waals surface area contributed by atoms with Crippen molar-refractivity contribution >= 4 is 5.78 Å². The summed E-state index contributed by atoms with van der Waals surface area (Å²) in [6.07, 6.45) is 4.16. The number of ether oxygens (including phenoxy) is 1. The Hall–Kier alpha value is -1.01. The van der Waals surface area contributed by atoms with Crippen LogP contribution in [0.2, 0.25) is 0 Å². The molecule has 1 N–H and O–H groups in total. The number of carbonyl (C=O) groups excluding carboxylic acids is 1. The van der Waals surface area contributed by atoms with Crippen LogP contribution in [0.3, 0.4) is 0 Å². The minimum atomic E-state index is -1.06. The van der Waals surface area contributed by atoms with Gasteiger partial charge in [0.15, 0.2) is 11.4 Å². The number of hydrogen-bond donors (Lipinski definition) is 1. The molecule has 0 aromatic heterocycles. The number of rotatable bonds is 3. The van der Waals surface area contributed by atoms with Crippen LogP contribution in [0.25, 0.3) is 0 Å². The van der Waals surface area contributed by atoms with Gasteiger partial charge in [-0.2, -0.15) is 4.89 Å². The molecule has 3 atom stereocenters. The Labute approximate surface area is 111 Å². The summed E-state index contributed by atoms with van der Waals surface area (Å²) >= 11 is 0. The van der Waals surface area contributed by atoms with E-state index in [2.05, 4.69) is 6.58 Å². The van der Waals surface area contributed by atoms with Gasteiger partial charge in [-0.15, -0.1) is 6.58 Å². The zero-order valence-electron chi connectivity index (χ0n) is 11.1. The SMILES string of the molecule is C=CCC1=C[C@@]23C[C@H](C(C)(C)O)O[C@]2(CC1=O)OO3. The lowest BCUT2D eigenvalue weighted by Gasteiger charge is -2.50. The average molecular weight is 266 g/mol. The molecule has 2 heterocycles. The quantitative estimate of drug-likeness (QED) is 0.618. The van der Waals surface area contributed by atoms with Crippen LogP contribution in [0.15, 0.2) is 24.3 Å². The molecule has 104 valence electrons. The maximum absolute atomic E-state index is 12.1. The summed E-state index contributed by atoms with van der Waals surface area (Å²) < 4.78 is 5.82. The van der Waals surface area contributed by atoms with E-state index in [-0.39, 0.29) is 12.2 Å². The second-order valence-electron chi connectivity index (χ2n) is 6.04. The molecule has 0 saturated carbocycles. The van der Waals surface area contributed by atoms with Gasteiger partial charge in [0.05, 0.1) is 18.1 Å². The monoisotopic (exact) mass is 266 g/mol. The minimum Gasteiger partial charge on any atom is -0.388 e. The van der Waals surface area contributed by atoms with Crippen molar-refractivity contribution in [1.82, 2.24) is 0 Å². The first-order chi connectivity index (χ1) is 8.82. The van der Waals surface area contributed by atoms with Gasteiger partial charge in [-0.05, 0) is 31.9 Å². The first-order valence-electron chi connectivity index (χ1n) is 6.45. The Bertz CT molecular complexity index is 475. The highest BCUT2D eigenvalue weighted by atomic mass is 17.3. The van der Waals surface area contributed by atoms with Crippen molar-refractivity contribution in [1.29, 1.82) is 0 Å². The van der Waals surface area contributed by atoms with Crippen LogP contribution in [0.4, 0.5) is 0 Å². The third-order valence-electron chi connectivity index (χ3n) is 4.10. The van der Waals surface area contributed by atoms with Gasteiger partial charge in [0, 0.05) is 6.42 Å². The minimum absolute atomic E-state index is 0.0183. The van der Waals surface area contributed by atoms with E-state index in [0.717, 1.165) is 0 Å². The number of allylic oxidation sites excluding steroid dienone is 2. The smallest absolute Gasteiger partial charge is 0.245 e. The van der Waals surface area contributed by atoms with E-state index >= 15 is 0 Å². The first kappa shape index (κ1) is 13.0. The van der Waals surface area contributed by atoms with Crippen molar-refractivity contribution in [2.45, 2.75) is 56.2 Å². The number of aliphatic hydroxyl groups is 1. The number of Topliss-reactive ketones (excluding diaryl/α,β-unsaturated/α-hetero) is 1. The Morgan fingerprint density at radius 2 is 2.32 bits per heavy atom. The van der Waals surface area contributed by atoms with E-state index in [9.17, 15) is 9.90 Å². The van der Waals surface area contributed by atoms with Crippen molar-refractivity contribution in [3.05, 3.63) is 24.3 Å². The summed E-state index contributed by atoms with van der Waals surface area (Å²) in [6, 6.07) is 0. The molecule has 5 nitrogen and oxygen atoms in total. The van der Waals surface area contributed by atoms with Crippen molar-refractivity contribution < 1.29 is 24.4 Å². The van der Waals surface area contributed by atoms with Crippen LogP contribution in [0.5, 0.6) is 0 Å². The summed E-state index contributed by atoms with van der Waals surface area (Å²) in [6.45, 7) is 7.01. The normalized spacial score (nSPS) is 41.1. The highest BCUT2D eigenvalue weighted by Crippen LogP contribution is 2.58. The highest BCUT2D eigenvalue weighted by Gasteiger charge is 2.74. The van der Waals surface area contributed by atoms with E-state index < -0.39 is 23.1 Å². The molecule has 1 aliphatic carbocycles. The second kappa shape index (κ2) is 3.76. The molecule has 2 saturated heterocycles. The van der Waals surface area contributed by atoms with Crippen LogP contribution in [-0.4, -0.2) is 34.0 Å². The lowest BCUT2D eigenvalue weighted by atomic mass is 9.76. The van der Waals surface area contributed by atoms with Crippen LogP contribution < -0.4 is 0 Å². The molecule has 0 aromatic carbocycles. The molecule has 0 amide bonds. The van der Waals surface area contributed by atoms with Crippen molar-refractivity contribution in [3.8, 4) is 0 Å². The zero-order chi connectivity index (χ0) is 13.9. The Kier molecular flexibility index (Phi) is 2.57. The van der Waals surface area contributed by atoms with Gasteiger partial charge in [0.1, 0.15) is 0 Å². The first-order valence-corrected chi connectivity index (χ1v) is 6.45. The van der Waals surface area contributed by atoms with E-state index in [1.165, 1.54) is 0 Å². The van der Waals surface area contributed by atoms with Gasteiger partial charge < -0.3 is 9.84 Å². The molecule has 0 radical (unpaired) electrons. The maximum Gasteiger partial charge on any atom is 0.245 e. The summed E-state index contributed by atoms with van der Waals surface area (Å²) in [5.74, 6) is -1.07. The summed E-state index contributed by atoms with van der Waals surface area (Å²) in [4.78, 5) is 22.5. The summed E-state index contributed by atoms with van der Waals surface area (Å²) in [5, 5.41) is 10.1. The fourth-order valence-corrected chi connectivity index (χ4v) is 2.92. The van der Waals surface area contributed by atoms with Crippen LogP contribution in [-0.2, 0) is 19.3 Å². The Morgan fingerprint density at radius 1 is 1.58 bits per heavy atom. The fourth-order valence-electron chi connectivity index (χ4n) is 2.92. The largest absolute Gasteiger partial charge is 0.388 e. The molecule has 2 aliphatic heterocycles. The van der Waals surface area contributed by atoms with E-state index in [4.69, 9.17) is 14.5 Å². The Morgan fingerprint density at radius 3 is 2.84 bits per heavy atom. The fraction of sp³-hybridized carbons (Fsp3) is 0.643. The van der Waals surface area contributed by atoms with E-state index in [0.29, 0.717) is 18.4 Å². The van der Waals surface area contributed by atoms with Gasteiger partial charge in [-0.25, -0.2) is 4.89 Å². The van der Waals surface area contributed by atoms with Crippen molar-refractivity contribution in [2.24, 2.45) is 0 Å². The molecule has 2 fully saturated rings. The average Bonchev–Trinajstić information content (AvgIpc) is 2.53. The maximum atomic E-state index is 12.1. The summed E-state index contributed by atoms with van der Waals surface area (Å²) in [5.41, 5.74) is -1.08. The second-order valence-corrected chi connectivity index (χ2v) is 6.04. The zero-order valence-corrected chi connectivity index (χ0v) is 11.1. The van der Waals surface area contributed by atoms with Crippen molar-refractivity contribution in [3.63, 3.8) is 0 Å². The van der Waals surface area contributed by atoms with Crippen LogP contribution in [0.1, 0.15) is 33.1 Å². The Balaban J connectivity index is 1.96. The topological polar surface area (TPSA) is 65.0 Å². The molecule has 0 aromatic rings. The molecule has 5 heteroatoms. The molecule has 0 spiro atoms. The van der Waals surface area contributed by atoms with Gasteiger partial charge in [-0.3, -0.25) is 4.79 Å². The predicted octanol–water partition coefficient (Wildman–Crippen LogP) is 1.42. The van der Waals surface area contributed by atoms with E-state index in [1.807, 2.05) is 0 Å². The molecule has 3 aliphatic rings. The number of hydrogen-bond acceptors (Lipinski definition) is 5. The summed E-state index contributed by atoms with van der Waals surface area (Å²) in [7, 11) is 0. The van der Waals surface area contributed by atoms with Crippen molar-refractivity contribution in [2.75, 3.05) is 0 Å².